The summed E-state index contributed by atoms with van der Waals surface area (Å²) in [6, 6.07) is 3.48. The van der Waals surface area contributed by atoms with Crippen LogP contribution in [0, 0.1) is 15.5 Å². The lowest BCUT2D eigenvalue weighted by Gasteiger charge is -2.30. The van der Waals surface area contributed by atoms with Crippen molar-refractivity contribution in [2.45, 2.75) is 32.5 Å². The number of carbonyl (C=O) groups is 1. The Hall–Kier alpha value is -2.26. The Labute approximate surface area is 174 Å². The highest BCUT2D eigenvalue weighted by Crippen LogP contribution is 2.54. The third-order valence-corrected chi connectivity index (χ3v) is 10.3. The number of carboxylic acids is 1. The van der Waals surface area contributed by atoms with Crippen LogP contribution < -0.4 is 9.47 Å². The number of nitrogens with zero attached hydrogens (tertiary/aromatic N) is 1. The molecule has 0 spiro atoms. The molecule has 0 saturated heterocycles. The predicted octanol–water partition coefficient (Wildman–Crippen LogP) is 4.22. The van der Waals surface area contributed by atoms with Crippen molar-refractivity contribution in [3.05, 3.63) is 49.7 Å². The summed E-state index contributed by atoms with van der Waals surface area (Å²) in [5.41, 5.74) is 0.219. The second kappa shape index (κ2) is 7.53. The van der Waals surface area contributed by atoms with Crippen molar-refractivity contribution in [3.8, 4) is 11.5 Å². The van der Waals surface area contributed by atoms with E-state index in [4.69, 9.17) is 9.47 Å². The van der Waals surface area contributed by atoms with Crippen molar-refractivity contribution in [2.75, 3.05) is 20.0 Å². The number of methoxy groups -OCH3 is 2. The molecular formula is C20H25NO6SSi. The molecule has 1 aromatic carbocycles. The summed E-state index contributed by atoms with van der Waals surface area (Å²) in [7, 11) is 1.25. The average Bonchev–Trinajstić information content (AvgIpc) is 3.12. The molecule has 1 aromatic rings. The number of benzene rings is 1. The van der Waals surface area contributed by atoms with E-state index < -0.39 is 24.4 Å². The van der Waals surface area contributed by atoms with Crippen molar-refractivity contribution in [2.24, 2.45) is 5.41 Å². The fourth-order valence-electron chi connectivity index (χ4n) is 3.88. The van der Waals surface area contributed by atoms with Gasteiger partial charge >= 0.3 is 5.97 Å². The zero-order valence-electron chi connectivity index (χ0n) is 17.2. The first-order valence-corrected chi connectivity index (χ1v) is 13.8. The van der Waals surface area contributed by atoms with Crippen molar-refractivity contribution in [3.63, 3.8) is 0 Å². The molecule has 1 aliphatic heterocycles. The quantitative estimate of drug-likeness (QED) is 0.406. The molecule has 156 valence electrons. The standard InChI is InChI=1S/C20H25NO6SSi/c1-26-15-8-12-6-7-14(21(24)25)18(13(12)9-16(15)27-2)20(19(22)23)10-17(28-11-20)29(3,4)5/h8-10H,6-7,11H2,1-5H3,(H,22,23). The number of carboxylic acid groups (broad SMARTS) is 1. The van der Waals surface area contributed by atoms with Gasteiger partial charge in [0.05, 0.1) is 32.8 Å². The van der Waals surface area contributed by atoms with Crippen LogP contribution in [0.3, 0.4) is 0 Å². The van der Waals surface area contributed by atoms with Gasteiger partial charge in [-0.15, -0.1) is 11.8 Å². The largest absolute Gasteiger partial charge is 0.493 e. The summed E-state index contributed by atoms with van der Waals surface area (Å²) in [4.78, 5) is 24.1. The van der Waals surface area contributed by atoms with Crippen LogP contribution in [-0.2, 0) is 11.2 Å². The Kier molecular flexibility index (Phi) is 5.57. The molecule has 0 amide bonds. The molecule has 2 aliphatic rings. The van der Waals surface area contributed by atoms with Crippen LogP contribution in [0.2, 0.25) is 19.6 Å². The Balaban J connectivity index is 2.34. The Bertz CT molecular complexity index is 949. The number of fused-ring (bicyclic) bond motifs is 1. The minimum absolute atomic E-state index is 0.0270. The molecule has 0 radical (unpaired) electrons. The van der Waals surface area contributed by atoms with Crippen LogP contribution in [0.1, 0.15) is 17.5 Å². The minimum atomic E-state index is -1.77. The summed E-state index contributed by atoms with van der Waals surface area (Å²) >= 11 is 1.51. The molecule has 0 saturated carbocycles. The first-order valence-electron chi connectivity index (χ1n) is 9.28. The van der Waals surface area contributed by atoms with Crippen LogP contribution >= 0.6 is 11.8 Å². The lowest BCUT2D eigenvalue weighted by atomic mass is 9.72. The van der Waals surface area contributed by atoms with E-state index in [1.807, 2.05) is 0 Å². The van der Waals surface area contributed by atoms with Gasteiger partial charge in [-0.2, -0.15) is 0 Å². The van der Waals surface area contributed by atoms with E-state index in [9.17, 15) is 20.0 Å². The topological polar surface area (TPSA) is 98.9 Å². The highest BCUT2D eigenvalue weighted by Gasteiger charge is 2.51. The first kappa shape index (κ1) is 21.4. The SMILES string of the molecule is COc1cc2c(cc1OC)C(C1(C(=O)O)C=C([Si](C)(C)C)SC1)=C([N+](=O)[O-])CC2. The molecule has 29 heavy (non-hydrogen) atoms. The van der Waals surface area contributed by atoms with E-state index in [1.165, 1.54) is 26.0 Å². The third kappa shape index (κ3) is 3.57. The van der Waals surface area contributed by atoms with Gasteiger partial charge in [0.2, 0.25) is 0 Å². The van der Waals surface area contributed by atoms with Gasteiger partial charge in [-0.25, -0.2) is 0 Å². The summed E-state index contributed by atoms with van der Waals surface area (Å²) in [5, 5.41) is 22.2. The molecule has 1 N–H and O–H groups in total. The monoisotopic (exact) mass is 435 g/mol. The van der Waals surface area contributed by atoms with Gasteiger partial charge in [0.15, 0.2) is 11.5 Å². The molecule has 3 rings (SSSR count). The zero-order valence-corrected chi connectivity index (χ0v) is 19.0. The molecule has 9 heteroatoms. The van der Waals surface area contributed by atoms with E-state index in [-0.39, 0.29) is 23.4 Å². The number of aryl methyl sites for hydroxylation is 1. The number of ether oxygens (including phenoxy) is 2. The van der Waals surface area contributed by atoms with E-state index in [0.29, 0.717) is 23.5 Å². The number of rotatable bonds is 6. The molecule has 1 aliphatic carbocycles. The summed E-state index contributed by atoms with van der Waals surface area (Å²) in [6.45, 7) is 6.44. The molecule has 0 aromatic heterocycles. The molecule has 1 heterocycles. The van der Waals surface area contributed by atoms with Crippen LogP contribution in [0.4, 0.5) is 0 Å². The summed E-state index contributed by atoms with van der Waals surface area (Å²) < 4.78 is 11.8. The van der Waals surface area contributed by atoms with Crippen LogP contribution in [0.5, 0.6) is 11.5 Å². The smallest absolute Gasteiger partial charge is 0.319 e. The van der Waals surface area contributed by atoms with Gasteiger partial charge < -0.3 is 14.6 Å². The normalized spacial score (nSPS) is 21.5. The fraction of sp³-hybridized carbons (Fsp3) is 0.450. The van der Waals surface area contributed by atoms with Crippen LogP contribution in [0.25, 0.3) is 5.57 Å². The lowest BCUT2D eigenvalue weighted by Crippen LogP contribution is -2.34. The molecular weight excluding hydrogens is 410 g/mol. The number of thioether (sulfide) groups is 1. The highest BCUT2D eigenvalue weighted by molar-refractivity contribution is 8.05. The second-order valence-corrected chi connectivity index (χ2v) is 14.7. The van der Waals surface area contributed by atoms with Crippen molar-refractivity contribution in [1.82, 2.24) is 0 Å². The fourth-order valence-corrected chi connectivity index (χ4v) is 7.53. The Morgan fingerprint density at radius 3 is 2.31 bits per heavy atom. The zero-order chi connectivity index (χ0) is 21.6. The Morgan fingerprint density at radius 1 is 1.21 bits per heavy atom. The number of nitro groups is 1. The molecule has 7 nitrogen and oxygen atoms in total. The maximum absolute atomic E-state index is 12.6. The first-order chi connectivity index (χ1) is 13.5. The molecule has 0 fully saturated rings. The van der Waals surface area contributed by atoms with Gasteiger partial charge in [-0.3, -0.25) is 14.9 Å². The maximum atomic E-state index is 12.6. The maximum Gasteiger partial charge on any atom is 0.319 e. The summed E-state index contributed by atoms with van der Waals surface area (Å²) in [6.07, 6.45) is 2.40. The van der Waals surface area contributed by atoms with Crippen LogP contribution in [-0.4, -0.2) is 44.0 Å². The predicted molar refractivity (Wildman–Crippen MR) is 116 cm³/mol. The summed E-state index contributed by atoms with van der Waals surface area (Å²) in [5.74, 6) is 0.144. The van der Waals surface area contributed by atoms with Crippen molar-refractivity contribution in [1.29, 1.82) is 0 Å². The number of hydrogen-bond donors (Lipinski definition) is 1. The average molecular weight is 436 g/mol. The molecule has 1 unspecified atom stereocenters. The van der Waals surface area contributed by atoms with E-state index in [1.54, 1.807) is 18.2 Å². The number of aliphatic carboxylic acids is 1. The van der Waals surface area contributed by atoms with E-state index >= 15 is 0 Å². The van der Waals surface area contributed by atoms with E-state index in [0.717, 1.165) is 10.1 Å². The molecule has 0 bridgehead atoms. The third-order valence-electron chi connectivity index (χ3n) is 5.42. The van der Waals surface area contributed by atoms with Crippen molar-refractivity contribution >= 4 is 31.4 Å². The van der Waals surface area contributed by atoms with Gasteiger partial charge in [-0.05, 0) is 34.2 Å². The van der Waals surface area contributed by atoms with E-state index in [2.05, 4.69) is 19.6 Å². The molecule has 1 atom stereocenters. The van der Waals surface area contributed by atoms with Gasteiger partial charge in [0.1, 0.15) is 5.41 Å². The Morgan fingerprint density at radius 2 is 1.83 bits per heavy atom. The number of allylic oxidation sites excluding steroid dienone is 1. The van der Waals surface area contributed by atoms with Gasteiger partial charge in [0, 0.05) is 12.2 Å². The minimum Gasteiger partial charge on any atom is -0.493 e. The lowest BCUT2D eigenvalue weighted by molar-refractivity contribution is -0.427. The van der Waals surface area contributed by atoms with Gasteiger partial charge in [0.25, 0.3) is 5.70 Å². The second-order valence-electron chi connectivity index (χ2n) is 8.27. The highest BCUT2D eigenvalue weighted by atomic mass is 32.2. The number of hydrogen-bond acceptors (Lipinski definition) is 6. The van der Waals surface area contributed by atoms with Crippen LogP contribution in [0.15, 0.2) is 28.4 Å². The van der Waals surface area contributed by atoms with Gasteiger partial charge in [-0.1, -0.05) is 25.7 Å². The van der Waals surface area contributed by atoms with Crippen molar-refractivity contribution < 1.29 is 24.3 Å².